The van der Waals surface area contributed by atoms with E-state index in [0.717, 1.165) is 28.3 Å². The van der Waals surface area contributed by atoms with Gasteiger partial charge < -0.3 is 5.32 Å². The lowest BCUT2D eigenvalue weighted by Crippen LogP contribution is -2.15. The average Bonchev–Trinajstić information content (AvgIpc) is 2.97. The molecule has 0 aliphatic heterocycles. The number of anilines is 1. The molecule has 0 fully saturated rings. The van der Waals surface area contributed by atoms with Gasteiger partial charge >= 0.3 is 0 Å². The minimum absolute atomic E-state index is 0.0565. The molecule has 6 heteroatoms. The normalized spacial score (nSPS) is 10.8. The molecule has 0 radical (unpaired) electrons. The van der Waals surface area contributed by atoms with Crippen molar-refractivity contribution in [3.05, 3.63) is 65.0 Å². The Hall–Kier alpha value is -2.60. The van der Waals surface area contributed by atoms with Crippen LogP contribution in [0, 0.1) is 27.7 Å². The monoisotopic (exact) mass is 366 g/mol. The minimum Gasteiger partial charge on any atom is -0.325 e. The van der Waals surface area contributed by atoms with Crippen molar-refractivity contribution >= 4 is 23.4 Å². The van der Waals surface area contributed by atoms with Crippen LogP contribution in [0.15, 0.2) is 47.6 Å². The van der Waals surface area contributed by atoms with E-state index in [1.807, 2.05) is 55.7 Å². The second kappa shape index (κ2) is 7.74. The second-order valence-electron chi connectivity index (χ2n) is 6.31. The Morgan fingerprint density at radius 2 is 1.81 bits per heavy atom. The molecule has 3 rings (SSSR count). The third kappa shape index (κ3) is 3.96. The Morgan fingerprint density at radius 1 is 1.04 bits per heavy atom. The summed E-state index contributed by atoms with van der Waals surface area (Å²) in [5, 5.41) is 12.1. The number of thioether (sulfide) groups is 1. The molecule has 2 aromatic carbocycles. The fraction of sp³-hybridized carbons (Fsp3) is 0.250. The molecule has 3 aromatic rings. The zero-order valence-corrected chi connectivity index (χ0v) is 16.2. The molecule has 0 aliphatic rings. The van der Waals surface area contributed by atoms with Crippen LogP contribution in [-0.4, -0.2) is 26.4 Å². The van der Waals surface area contributed by atoms with Crippen LogP contribution in [0.1, 0.15) is 22.5 Å². The zero-order chi connectivity index (χ0) is 18.7. The van der Waals surface area contributed by atoms with Crippen LogP contribution >= 0.6 is 11.8 Å². The van der Waals surface area contributed by atoms with Gasteiger partial charge in [0, 0.05) is 5.69 Å². The average molecular weight is 366 g/mol. The van der Waals surface area contributed by atoms with E-state index in [1.165, 1.54) is 17.3 Å². The van der Waals surface area contributed by atoms with Gasteiger partial charge in [-0.3, -0.25) is 9.36 Å². The largest absolute Gasteiger partial charge is 0.325 e. The molecule has 0 spiro atoms. The standard InChI is InChI=1S/C20H22N4OS/c1-13-9-10-17(15(3)11-13)21-19(25)12-26-20-23-22-16(4)24(20)18-8-6-5-7-14(18)2/h5-11H,12H2,1-4H3,(H,21,25). The van der Waals surface area contributed by atoms with Crippen molar-refractivity contribution < 1.29 is 4.79 Å². The van der Waals surface area contributed by atoms with Crippen molar-refractivity contribution in [3.8, 4) is 5.69 Å². The Balaban J connectivity index is 1.73. The molecular weight excluding hydrogens is 344 g/mol. The highest BCUT2D eigenvalue weighted by atomic mass is 32.2. The molecule has 0 bridgehead atoms. The fourth-order valence-electron chi connectivity index (χ4n) is 2.80. The molecule has 0 saturated carbocycles. The Labute approximate surface area is 157 Å². The summed E-state index contributed by atoms with van der Waals surface area (Å²) < 4.78 is 1.99. The second-order valence-corrected chi connectivity index (χ2v) is 7.25. The number of nitrogens with one attached hydrogen (secondary N) is 1. The van der Waals surface area contributed by atoms with E-state index in [-0.39, 0.29) is 11.7 Å². The summed E-state index contributed by atoms with van der Waals surface area (Å²) in [7, 11) is 0. The van der Waals surface area contributed by atoms with Gasteiger partial charge in [0.1, 0.15) is 5.82 Å². The number of hydrogen-bond acceptors (Lipinski definition) is 4. The quantitative estimate of drug-likeness (QED) is 0.687. The molecular formula is C20H22N4OS. The molecule has 0 atom stereocenters. The van der Waals surface area contributed by atoms with Gasteiger partial charge in [-0.1, -0.05) is 47.7 Å². The van der Waals surface area contributed by atoms with Gasteiger partial charge in [0.15, 0.2) is 5.16 Å². The van der Waals surface area contributed by atoms with Gasteiger partial charge in [-0.25, -0.2) is 0 Å². The third-order valence-corrected chi connectivity index (χ3v) is 5.07. The Morgan fingerprint density at radius 3 is 2.54 bits per heavy atom. The van der Waals surface area contributed by atoms with Gasteiger partial charge in [0.2, 0.25) is 5.91 Å². The Bertz CT molecular complexity index is 949. The van der Waals surface area contributed by atoms with E-state index >= 15 is 0 Å². The number of aryl methyl sites for hydroxylation is 4. The van der Waals surface area contributed by atoms with Crippen LogP contribution in [0.5, 0.6) is 0 Å². The van der Waals surface area contributed by atoms with Crippen LogP contribution in [-0.2, 0) is 4.79 Å². The van der Waals surface area contributed by atoms with E-state index in [1.54, 1.807) is 0 Å². The number of carbonyl (C=O) groups excluding carboxylic acids is 1. The third-order valence-electron chi connectivity index (χ3n) is 4.14. The molecule has 1 N–H and O–H groups in total. The zero-order valence-electron chi connectivity index (χ0n) is 15.4. The molecule has 1 amide bonds. The number of aromatic nitrogens is 3. The number of hydrogen-bond donors (Lipinski definition) is 1. The topological polar surface area (TPSA) is 59.8 Å². The van der Waals surface area contributed by atoms with Gasteiger partial charge in [-0.15, -0.1) is 10.2 Å². The summed E-state index contributed by atoms with van der Waals surface area (Å²) in [6.07, 6.45) is 0. The first kappa shape index (κ1) is 18.2. The predicted octanol–water partition coefficient (Wildman–Crippen LogP) is 4.23. The van der Waals surface area contributed by atoms with Crippen molar-refractivity contribution in [2.45, 2.75) is 32.9 Å². The number of rotatable bonds is 5. The van der Waals surface area contributed by atoms with E-state index in [4.69, 9.17) is 0 Å². The van der Waals surface area contributed by atoms with E-state index < -0.39 is 0 Å². The summed E-state index contributed by atoms with van der Waals surface area (Å²) in [5.41, 5.74) is 5.25. The lowest BCUT2D eigenvalue weighted by atomic mass is 10.1. The molecule has 0 unspecified atom stereocenters. The maximum Gasteiger partial charge on any atom is 0.234 e. The van der Waals surface area contributed by atoms with Crippen LogP contribution in [0.4, 0.5) is 5.69 Å². The molecule has 1 heterocycles. The maximum absolute atomic E-state index is 12.4. The van der Waals surface area contributed by atoms with Crippen LogP contribution in [0.25, 0.3) is 5.69 Å². The number of para-hydroxylation sites is 1. The number of amides is 1. The smallest absolute Gasteiger partial charge is 0.234 e. The molecule has 5 nitrogen and oxygen atoms in total. The Kier molecular flexibility index (Phi) is 5.42. The number of benzene rings is 2. The molecule has 0 saturated heterocycles. The van der Waals surface area contributed by atoms with Crippen LogP contribution in [0.2, 0.25) is 0 Å². The highest BCUT2D eigenvalue weighted by molar-refractivity contribution is 7.99. The van der Waals surface area contributed by atoms with Crippen molar-refractivity contribution in [1.82, 2.24) is 14.8 Å². The molecule has 26 heavy (non-hydrogen) atoms. The summed E-state index contributed by atoms with van der Waals surface area (Å²) in [4.78, 5) is 12.4. The van der Waals surface area contributed by atoms with Gasteiger partial charge in [-0.05, 0) is 51.0 Å². The van der Waals surface area contributed by atoms with E-state index in [9.17, 15) is 4.79 Å². The van der Waals surface area contributed by atoms with Gasteiger partial charge in [-0.2, -0.15) is 0 Å². The first-order chi connectivity index (χ1) is 12.5. The lowest BCUT2D eigenvalue weighted by molar-refractivity contribution is -0.113. The summed E-state index contributed by atoms with van der Waals surface area (Å²) in [5.74, 6) is 1.02. The number of carbonyl (C=O) groups is 1. The van der Waals surface area contributed by atoms with Gasteiger partial charge in [0.05, 0.1) is 11.4 Å². The molecule has 1 aromatic heterocycles. The minimum atomic E-state index is -0.0565. The molecule has 0 aliphatic carbocycles. The van der Waals surface area contributed by atoms with Crippen molar-refractivity contribution in [3.63, 3.8) is 0 Å². The summed E-state index contributed by atoms with van der Waals surface area (Å²) >= 11 is 1.39. The molecule has 134 valence electrons. The first-order valence-electron chi connectivity index (χ1n) is 8.43. The first-order valence-corrected chi connectivity index (χ1v) is 9.42. The van der Waals surface area contributed by atoms with E-state index in [0.29, 0.717) is 5.16 Å². The summed E-state index contributed by atoms with van der Waals surface area (Å²) in [6.45, 7) is 8.00. The van der Waals surface area contributed by atoms with Crippen molar-refractivity contribution in [1.29, 1.82) is 0 Å². The fourth-order valence-corrected chi connectivity index (χ4v) is 3.59. The summed E-state index contributed by atoms with van der Waals surface area (Å²) in [6, 6.07) is 14.1. The number of nitrogens with zero attached hydrogens (tertiary/aromatic N) is 3. The highest BCUT2D eigenvalue weighted by Crippen LogP contribution is 2.24. The van der Waals surface area contributed by atoms with Crippen LogP contribution in [0.3, 0.4) is 0 Å². The van der Waals surface area contributed by atoms with Crippen molar-refractivity contribution in [2.24, 2.45) is 0 Å². The lowest BCUT2D eigenvalue weighted by Gasteiger charge is -2.11. The predicted molar refractivity (Wildman–Crippen MR) is 106 cm³/mol. The van der Waals surface area contributed by atoms with E-state index in [2.05, 4.69) is 34.6 Å². The maximum atomic E-state index is 12.4. The SMILES string of the molecule is Cc1ccc(NC(=O)CSc2nnc(C)n2-c2ccccc2C)c(C)c1. The highest BCUT2D eigenvalue weighted by Gasteiger charge is 2.15. The van der Waals surface area contributed by atoms with Gasteiger partial charge in [0.25, 0.3) is 0 Å². The van der Waals surface area contributed by atoms with Crippen molar-refractivity contribution in [2.75, 3.05) is 11.1 Å². The van der Waals surface area contributed by atoms with Crippen LogP contribution < -0.4 is 5.32 Å².